The summed E-state index contributed by atoms with van der Waals surface area (Å²) in [4.78, 5) is 7.76. The molecule has 0 atom stereocenters. The van der Waals surface area contributed by atoms with E-state index in [1.165, 1.54) is 7.11 Å². The van der Waals surface area contributed by atoms with Crippen molar-refractivity contribution in [3.05, 3.63) is 29.6 Å². The molecule has 3 rings (SSSR count). The van der Waals surface area contributed by atoms with Crippen molar-refractivity contribution in [1.82, 2.24) is 9.97 Å². The Hall–Kier alpha value is -2.70. The number of rotatable bonds is 3. The molecule has 1 aliphatic heterocycles. The van der Waals surface area contributed by atoms with E-state index in [9.17, 15) is 10.2 Å². The van der Waals surface area contributed by atoms with Crippen LogP contribution in [-0.2, 0) is 6.42 Å². The Kier molecular flexibility index (Phi) is 2.94. The SMILES string of the molecule is COc1c(O)nc(Cc2ccc3c(c2)OCO3)nc1O. The van der Waals surface area contributed by atoms with Gasteiger partial charge in [-0.3, -0.25) is 0 Å². The fourth-order valence-corrected chi connectivity index (χ4v) is 1.97. The molecule has 2 N–H and O–H groups in total. The van der Waals surface area contributed by atoms with E-state index in [1.54, 1.807) is 6.07 Å². The fourth-order valence-electron chi connectivity index (χ4n) is 1.97. The number of nitrogens with zero attached hydrogens (tertiary/aromatic N) is 2. The van der Waals surface area contributed by atoms with Crippen LogP contribution in [0.2, 0.25) is 0 Å². The largest absolute Gasteiger partial charge is 0.490 e. The average molecular weight is 276 g/mol. The van der Waals surface area contributed by atoms with Crippen LogP contribution in [0.3, 0.4) is 0 Å². The second-order valence-electron chi connectivity index (χ2n) is 4.18. The van der Waals surface area contributed by atoms with E-state index in [4.69, 9.17) is 14.2 Å². The summed E-state index contributed by atoms with van der Waals surface area (Å²) in [6.07, 6.45) is 0.335. The second-order valence-corrected chi connectivity index (χ2v) is 4.18. The Morgan fingerprint density at radius 2 is 1.85 bits per heavy atom. The molecule has 1 aromatic heterocycles. The summed E-state index contributed by atoms with van der Waals surface area (Å²) >= 11 is 0. The van der Waals surface area contributed by atoms with Gasteiger partial charge >= 0.3 is 0 Å². The number of methoxy groups -OCH3 is 1. The maximum atomic E-state index is 9.62. The predicted octanol–water partition coefficient (Wildman–Crippen LogP) is 1.22. The van der Waals surface area contributed by atoms with E-state index in [0.29, 0.717) is 17.9 Å². The first-order valence-electron chi connectivity index (χ1n) is 5.88. The van der Waals surface area contributed by atoms with Gasteiger partial charge in [0, 0.05) is 6.42 Å². The van der Waals surface area contributed by atoms with Gasteiger partial charge in [0.25, 0.3) is 11.8 Å². The molecule has 20 heavy (non-hydrogen) atoms. The van der Waals surface area contributed by atoms with Crippen molar-refractivity contribution in [2.75, 3.05) is 13.9 Å². The molecule has 2 heterocycles. The molecule has 1 aliphatic rings. The quantitative estimate of drug-likeness (QED) is 0.870. The number of fused-ring (bicyclic) bond motifs is 1. The lowest BCUT2D eigenvalue weighted by molar-refractivity contribution is 0.174. The number of hydrogen-bond donors (Lipinski definition) is 2. The summed E-state index contributed by atoms with van der Waals surface area (Å²) < 4.78 is 15.3. The molecule has 0 spiro atoms. The lowest BCUT2D eigenvalue weighted by Gasteiger charge is -2.07. The Labute approximate surface area is 114 Å². The standard InChI is InChI=1S/C13H12N2O5/c1-18-11-12(16)14-10(15-13(11)17)5-7-2-3-8-9(4-7)20-6-19-8/h2-4H,5-6H2,1H3,(H2,14,15,16,17). The van der Waals surface area contributed by atoms with E-state index in [0.717, 1.165) is 5.56 Å². The third-order valence-corrected chi connectivity index (χ3v) is 2.88. The van der Waals surface area contributed by atoms with Gasteiger partial charge in [-0.15, -0.1) is 0 Å². The third kappa shape index (κ3) is 2.13. The highest BCUT2D eigenvalue weighted by atomic mass is 16.7. The first-order chi connectivity index (χ1) is 9.67. The molecule has 7 nitrogen and oxygen atoms in total. The maximum absolute atomic E-state index is 9.62. The van der Waals surface area contributed by atoms with Crippen LogP contribution in [0.15, 0.2) is 18.2 Å². The van der Waals surface area contributed by atoms with Gasteiger partial charge < -0.3 is 24.4 Å². The van der Waals surface area contributed by atoms with E-state index in [1.807, 2.05) is 12.1 Å². The summed E-state index contributed by atoms with van der Waals surface area (Å²) in [6, 6.07) is 5.44. The molecule has 0 bridgehead atoms. The number of ether oxygens (including phenoxy) is 3. The Bertz CT molecular complexity index is 636. The molecule has 0 saturated heterocycles. The lowest BCUT2D eigenvalue weighted by Crippen LogP contribution is -1.99. The highest BCUT2D eigenvalue weighted by Crippen LogP contribution is 2.34. The summed E-state index contributed by atoms with van der Waals surface area (Å²) in [5, 5.41) is 19.2. The molecule has 2 aromatic rings. The van der Waals surface area contributed by atoms with Crippen LogP contribution in [0.5, 0.6) is 29.0 Å². The molecular formula is C13H12N2O5. The van der Waals surface area contributed by atoms with Crippen LogP contribution >= 0.6 is 0 Å². The summed E-state index contributed by atoms with van der Waals surface area (Å²) in [5.41, 5.74) is 0.873. The zero-order valence-electron chi connectivity index (χ0n) is 10.7. The summed E-state index contributed by atoms with van der Waals surface area (Å²) in [6.45, 7) is 0.208. The zero-order valence-corrected chi connectivity index (χ0v) is 10.7. The van der Waals surface area contributed by atoms with Crippen LogP contribution in [0, 0.1) is 0 Å². The van der Waals surface area contributed by atoms with E-state index < -0.39 is 11.8 Å². The Morgan fingerprint density at radius 3 is 2.55 bits per heavy atom. The number of aromatic hydroxyl groups is 2. The van der Waals surface area contributed by atoms with E-state index in [-0.39, 0.29) is 18.4 Å². The Morgan fingerprint density at radius 1 is 1.15 bits per heavy atom. The lowest BCUT2D eigenvalue weighted by atomic mass is 10.1. The van der Waals surface area contributed by atoms with Crippen LogP contribution in [-0.4, -0.2) is 34.1 Å². The van der Waals surface area contributed by atoms with Crippen molar-refractivity contribution in [3.8, 4) is 29.0 Å². The maximum Gasteiger partial charge on any atom is 0.262 e. The van der Waals surface area contributed by atoms with E-state index in [2.05, 4.69) is 9.97 Å². The molecule has 1 aromatic carbocycles. The smallest absolute Gasteiger partial charge is 0.262 e. The van der Waals surface area contributed by atoms with Crippen molar-refractivity contribution in [2.45, 2.75) is 6.42 Å². The number of hydrogen-bond acceptors (Lipinski definition) is 7. The molecule has 0 aliphatic carbocycles. The molecule has 7 heteroatoms. The Balaban J connectivity index is 1.88. The van der Waals surface area contributed by atoms with Crippen molar-refractivity contribution in [3.63, 3.8) is 0 Å². The van der Waals surface area contributed by atoms with Crippen molar-refractivity contribution < 1.29 is 24.4 Å². The van der Waals surface area contributed by atoms with Gasteiger partial charge in [-0.1, -0.05) is 6.07 Å². The first-order valence-corrected chi connectivity index (χ1v) is 5.88. The molecule has 0 amide bonds. The molecule has 0 fully saturated rings. The van der Waals surface area contributed by atoms with Crippen molar-refractivity contribution in [2.24, 2.45) is 0 Å². The van der Waals surface area contributed by atoms with Crippen molar-refractivity contribution in [1.29, 1.82) is 0 Å². The monoisotopic (exact) mass is 276 g/mol. The summed E-state index contributed by atoms with van der Waals surface area (Å²) in [7, 11) is 1.32. The van der Waals surface area contributed by atoms with Crippen LogP contribution in [0.4, 0.5) is 0 Å². The minimum atomic E-state index is -0.393. The molecule has 0 saturated carbocycles. The highest BCUT2D eigenvalue weighted by Gasteiger charge is 2.16. The molecule has 0 unspecified atom stereocenters. The summed E-state index contributed by atoms with van der Waals surface area (Å²) in [5.74, 6) is 0.699. The zero-order chi connectivity index (χ0) is 14.1. The van der Waals surface area contributed by atoms with Crippen LogP contribution < -0.4 is 14.2 Å². The van der Waals surface area contributed by atoms with Crippen molar-refractivity contribution >= 4 is 0 Å². The normalized spacial score (nSPS) is 12.4. The van der Waals surface area contributed by atoms with Crippen LogP contribution in [0.25, 0.3) is 0 Å². The van der Waals surface area contributed by atoms with Gasteiger partial charge in [-0.2, -0.15) is 9.97 Å². The van der Waals surface area contributed by atoms with E-state index >= 15 is 0 Å². The fraction of sp³-hybridized carbons (Fsp3) is 0.231. The number of benzene rings is 1. The van der Waals surface area contributed by atoms with Gasteiger partial charge in [0.1, 0.15) is 5.82 Å². The first kappa shape index (κ1) is 12.3. The van der Waals surface area contributed by atoms with Gasteiger partial charge in [-0.25, -0.2) is 0 Å². The van der Waals surface area contributed by atoms with Gasteiger partial charge in [0.2, 0.25) is 12.5 Å². The molecule has 0 radical (unpaired) electrons. The van der Waals surface area contributed by atoms with Gasteiger partial charge in [0.05, 0.1) is 7.11 Å². The minimum absolute atomic E-state index is 0.139. The second kappa shape index (κ2) is 4.76. The third-order valence-electron chi connectivity index (χ3n) is 2.88. The predicted molar refractivity (Wildman–Crippen MR) is 67.3 cm³/mol. The minimum Gasteiger partial charge on any atom is -0.490 e. The molecule has 104 valence electrons. The highest BCUT2D eigenvalue weighted by molar-refractivity contribution is 5.46. The topological polar surface area (TPSA) is 93.9 Å². The van der Waals surface area contributed by atoms with Gasteiger partial charge in [0.15, 0.2) is 11.5 Å². The molecular weight excluding hydrogens is 264 g/mol. The van der Waals surface area contributed by atoms with Gasteiger partial charge in [-0.05, 0) is 17.7 Å². The number of aromatic nitrogens is 2. The average Bonchev–Trinajstić information content (AvgIpc) is 2.85. The van der Waals surface area contributed by atoms with Crippen LogP contribution in [0.1, 0.15) is 11.4 Å².